The quantitative estimate of drug-likeness (QED) is 0.830. The van der Waals surface area contributed by atoms with E-state index in [0.717, 1.165) is 6.42 Å². The van der Waals surface area contributed by atoms with E-state index in [1.54, 1.807) is 4.90 Å². The lowest BCUT2D eigenvalue weighted by molar-refractivity contribution is -0.132. The molecule has 1 aliphatic rings. The van der Waals surface area contributed by atoms with E-state index in [2.05, 4.69) is 17.4 Å². The van der Waals surface area contributed by atoms with Crippen molar-refractivity contribution in [3.8, 4) is 0 Å². The summed E-state index contributed by atoms with van der Waals surface area (Å²) in [6.45, 7) is 3.87. The Hall–Kier alpha value is -1.88. The van der Waals surface area contributed by atoms with Crippen LogP contribution >= 0.6 is 0 Å². The van der Waals surface area contributed by atoms with Crippen LogP contribution in [0.15, 0.2) is 30.3 Å². The lowest BCUT2D eigenvalue weighted by Gasteiger charge is -2.16. The normalized spacial score (nSPS) is 20.9. The molecule has 1 fully saturated rings. The average molecular weight is 303 g/mol. The van der Waals surface area contributed by atoms with Crippen LogP contribution in [0.1, 0.15) is 37.7 Å². The highest BCUT2D eigenvalue weighted by Gasteiger charge is 2.33. The van der Waals surface area contributed by atoms with Crippen LogP contribution in [0.25, 0.3) is 0 Å². The van der Waals surface area contributed by atoms with Gasteiger partial charge in [0.05, 0.1) is 0 Å². The molecule has 0 unspecified atom stereocenters. The molecule has 0 aliphatic carbocycles. The van der Waals surface area contributed by atoms with Crippen LogP contribution in [0.4, 0.5) is 0 Å². The maximum absolute atomic E-state index is 12.2. The molecule has 1 saturated heterocycles. The van der Waals surface area contributed by atoms with Crippen molar-refractivity contribution in [2.45, 2.75) is 38.1 Å². The SMILES string of the molecule is CCCNC(=O)CCC(=O)N1C[C@@H](N)[C@H](c2ccccc2)C1. The Morgan fingerprint density at radius 3 is 2.64 bits per heavy atom. The third-order valence-corrected chi connectivity index (χ3v) is 4.08. The second kappa shape index (κ2) is 7.94. The number of amides is 2. The number of nitrogens with zero attached hydrogens (tertiary/aromatic N) is 1. The molecule has 2 amide bonds. The van der Waals surface area contributed by atoms with Crippen molar-refractivity contribution >= 4 is 11.8 Å². The van der Waals surface area contributed by atoms with Gasteiger partial charge in [-0.15, -0.1) is 0 Å². The van der Waals surface area contributed by atoms with Gasteiger partial charge in [0.15, 0.2) is 0 Å². The van der Waals surface area contributed by atoms with Gasteiger partial charge in [-0.2, -0.15) is 0 Å². The Bertz CT molecular complexity index is 504. The molecule has 0 saturated carbocycles. The predicted molar refractivity (Wildman–Crippen MR) is 86.3 cm³/mol. The molecule has 1 aliphatic heterocycles. The van der Waals surface area contributed by atoms with Gasteiger partial charge in [-0.3, -0.25) is 9.59 Å². The minimum absolute atomic E-state index is 0.0144. The first-order chi connectivity index (χ1) is 10.6. The van der Waals surface area contributed by atoms with Gasteiger partial charge < -0.3 is 16.0 Å². The molecule has 1 heterocycles. The zero-order chi connectivity index (χ0) is 15.9. The van der Waals surface area contributed by atoms with Crippen LogP contribution in [-0.4, -0.2) is 42.4 Å². The van der Waals surface area contributed by atoms with Crippen molar-refractivity contribution in [3.63, 3.8) is 0 Å². The average Bonchev–Trinajstić information content (AvgIpc) is 2.93. The fourth-order valence-electron chi connectivity index (χ4n) is 2.82. The minimum Gasteiger partial charge on any atom is -0.356 e. The van der Waals surface area contributed by atoms with Crippen molar-refractivity contribution < 1.29 is 9.59 Å². The molecular formula is C17H25N3O2. The smallest absolute Gasteiger partial charge is 0.223 e. The van der Waals surface area contributed by atoms with Crippen molar-refractivity contribution in [3.05, 3.63) is 35.9 Å². The summed E-state index contributed by atoms with van der Waals surface area (Å²) in [5.74, 6) is 0.137. The van der Waals surface area contributed by atoms with E-state index in [0.29, 0.717) is 19.6 Å². The fraction of sp³-hybridized carbons (Fsp3) is 0.529. The molecule has 1 aromatic rings. The molecule has 2 atom stereocenters. The van der Waals surface area contributed by atoms with Gasteiger partial charge in [0.25, 0.3) is 0 Å². The number of rotatable bonds is 6. The number of carbonyl (C=O) groups is 2. The molecular weight excluding hydrogens is 278 g/mol. The second-order valence-corrected chi connectivity index (χ2v) is 5.83. The van der Waals surface area contributed by atoms with Crippen LogP contribution in [0, 0.1) is 0 Å². The van der Waals surface area contributed by atoms with Gasteiger partial charge in [0.1, 0.15) is 0 Å². The van der Waals surface area contributed by atoms with E-state index in [9.17, 15) is 9.59 Å². The summed E-state index contributed by atoms with van der Waals surface area (Å²) in [6.07, 6.45) is 1.41. The third kappa shape index (κ3) is 4.31. The summed E-state index contributed by atoms with van der Waals surface area (Å²) in [7, 11) is 0. The maximum Gasteiger partial charge on any atom is 0.223 e. The minimum atomic E-state index is -0.0571. The first-order valence-electron chi connectivity index (χ1n) is 7.96. The summed E-state index contributed by atoms with van der Waals surface area (Å²) in [5.41, 5.74) is 7.36. The van der Waals surface area contributed by atoms with E-state index < -0.39 is 0 Å². The van der Waals surface area contributed by atoms with Crippen molar-refractivity contribution in [2.24, 2.45) is 5.73 Å². The molecule has 0 bridgehead atoms. The molecule has 1 aromatic carbocycles. The number of benzene rings is 1. The number of hydrogen-bond donors (Lipinski definition) is 2. The standard InChI is InChI=1S/C17H25N3O2/c1-2-10-19-16(21)8-9-17(22)20-11-14(15(18)12-20)13-6-4-3-5-7-13/h3-7,14-15H,2,8-12,18H2,1H3,(H,19,21)/t14-,15+/m0/s1. The molecule has 3 N–H and O–H groups in total. The highest BCUT2D eigenvalue weighted by Crippen LogP contribution is 2.26. The molecule has 5 nitrogen and oxygen atoms in total. The Morgan fingerprint density at radius 2 is 1.95 bits per heavy atom. The van der Waals surface area contributed by atoms with Crippen LogP contribution in [0.3, 0.4) is 0 Å². The first-order valence-corrected chi connectivity index (χ1v) is 7.96. The number of carbonyl (C=O) groups excluding carboxylic acids is 2. The molecule has 0 spiro atoms. The zero-order valence-corrected chi connectivity index (χ0v) is 13.1. The molecule has 2 rings (SSSR count). The Kier molecular flexibility index (Phi) is 5.95. The summed E-state index contributed by atoms with van der Waals surface area (Å²) in [5, 5.41) is 2.79. The first kappa shape index (κ1) is 16.5. The lowest BCUT2D eigenvalue weighted by Crippen LogP contribution is -2.33. The van der Waals surface area contributed by atoms with Gasteiger partial charge in [-0.1, -0.05) is 37.3 Å². The molecule has 5 heteroatoms. The largest absolute Gasteiger partial charge is 0.356 e. The lowest BCUT2D eigenvalue weighted by atomic mass is 9.95. The van der Waals surface area contributed by atoms with Gasteiger partial charge >= 0.3 is 0 Å². The predicted octanol–water partition coefficient (Wildman–Crippen LogP) is 1.25. The van der Waals surface area contributed by atoms with E-state index in [1.807, 2.05) is 25.1 Å². The van der Waals surface area contributed by atoms with E-state index in [-0.39, 0.29) is 36.6 Å². The summed E-state index contributed by atoms with van der Waals surface area (Å²) < 4.78 is 0. The van der Waals surface area contributed by atoms with Gasteiger partial charge in [0, 0.05) is 44.4 Å². The summed E-state index contributed by atoms with van der Waals surface area (Å²) >= 11 is 0. The van der Waals surface area contributed by atoms with Crippen molar-refractivity contribution in [1.82, 2.24) is 10.2 Å². The maximum atomic E-state index is 12.2. The van der Waals surface area contributed by atoms with E-state index in [4.69, 9.17) is 5.73 Å². The highest BCUT2D eigenvalue weighted by atomic mass is 16.2. The third-order valence-electron chi connectivity index (χ3n) is 4.08. The summed E-state index contributed by atoms with van der Waals surface area (Å²) in [4.78, 5) is 25.6. The van der Waals surface area contributed by atoms with Crippen LogP contribution in [0.2, 0.25) is 0 Å². The number of hydrogen-bond acceptors (Lipinski definition) is 3. The highest BCUT2D eigenvalue weighted by molar-refractivity contribution is 5.84. The van der Waals surface area contributed by atoms with Crippen LogP contribution in [0.5, 0.6) is 0 Å². The Balaban J connectivity index is 1.84. The van der Waals surface area contributed by atoms with Gasteiger partial charge in [-0.25, -0.2) is 0 Å². The van der Waals surface area contributed by atoms with Crippen LogP contribution < -0.4 is 11.1 Å². The van der Waals surface area contributed by atoms with Crippen molar-refractivity contribution in [2.75, 3.05) is 19.6 Å². The van der Waals surface area contributed by atoms with Gasteiger partial charge in [0.2, 0.25) is 11.8 Å². The number of nitrogens with one attached hydrogen (secondary N) is 1. The second-order valence-electron chi connectivity index (χ2n) is 5.83. The van der Waals surface area contributed by atoms with Crippen LogP contribution in [-0.2, 0) is 9.59 Å². The summed E-state index contributed by atoms with van der Waals surface area (Å²) in [6, 6.07) is 10.0. The molecule has 0 radical (unpaired) electrons. The van der Waals surface area contributed by atoms with Crippen molar-refractivity contribution in [1.29, 1.82) is 0 Å². The topological polar surface area (TPSA) is 75.4 Å². The Morgan fingerprint density at radius 1 is 1.23 bits per heavy atom. The number of likely N-dealkylation sites (tertiary alicyclic amines) is 1. The Labute approximate surface area is 131 Å². The van der Waals surface area contributed by atoms with Gasteiger partial charge in [-0.05, 0) is 12.0 Å². The van der Waals surface area contributed by atoms with E-state index >= 15 is 0 Å². The zero-order valence-electron chi connectivity index (χ0n) is 13.1. The monoisotopic (exact) mass is 303 g/mol. The van der Waals surface area contributed by atoms with E-state index in [1.165, 1.54) is 5.56 Å². The molecule has 0 aromatic heterocycles. The fourth-order valence-corrected chi connectivity index (χ4v) is 2.82. The molecule has 22 heavy (non-hydrogen) atoms. The number of nitrogens with two attached hydrogens (primary N) is 1. The molecule has 120 valence electrons.